The molecule has 0 aliphatic carbocycles. The molecule has 1 heterocycles. The van der Waals surface area contributed by atoms with E-state index in [9.17, 15) is 4.79 Å². The molecule has 0 saturated heterocycles. The second-order valence-electron chi connectivity index (χ2n) is 2.34. The maximum Gasteiger partial charge on any atom is 0.371 e. The zero-order chi connectivity index (χ0) is 9.30. The van der Waals surface area contributed by atoms with Gasteiger partial charge in [0.05, 0.1) is 0 Å². The molecular weight excluding hydrogens is 160 g/mol. The van der Waals surface area contributed by atoms with Gasteiger partial charge in [0.25, 0.3) is 0 Å². The van der Waals surface area contributed by atoms with Crippen molar-refractivity contribution >= 4 is 11.8 Å². The van der Waals surface area contributed by atoms with Crippen molar-refractivity contribution in [3.8, 4) is 0 Å². The molecule has 0 fully saturated rings. The SMILES string of the molecule is Cc1cc(C(=O)O)oc1C(=N)N. The molecule has 12 heavy (non-hydrogen) atoms. The number of nitrogen functional groups attached to an aromatic ring is 1. The molecule has 0 atom stereocenters. The topological polar surface area (TPSA) is 100 Å². The fourth-order valence-electron chi connectivity index (χ4n) is 0.855. The van der Waals surface area contributed by atoms with Gasteiger partial charge < -0.3 is 15.3 Å². The van der Waals surface area contributed by atoms with Crippen LogP contribution >= 0.6 is 0 Å². The third-order valence-electron chi connectivity index (χ3n) is 1.37. The van der Waals surface area contributed by atoms with E-state index in [1.54, 1.807) is 6.92 Å². The van der Waals surface area contributed by atoms with Crippen LogP contribution in [0.25, 0.3) is 0 Å². The maximum absolute atomic E-state index is 10.4. The number of hydrogen-bond acceptors (Lipinski definition) is 3. The molecule has 4 N–H and O–H groups in total. The predicted molar refractivity (Wildman–Crippen MR) is 41.4 cm³/mol. The van der Waals surface area contributed by atoms with E-state index in [0.29, 0.717) is 5.56 Å². The van der Waals surface area contributed by atoms with Crippen LogP contribution in [0, 0.1) is 12.3 Å². The van der Waals surface area contributed by atoms with E-state index >= 15 is 0 Å². The smallest absolute Gasteiger partial charge is 0.371 e. The lowest BCUT2D eigenvalue weighted by Crippen LogP contribution is -2.10. The van der Waals surface area contributed by atoms with Gasteiger partial charge in [0.1, 0.15) is 0 Å². The largest absolute Gasteiger partial charge is 0.475 e. The van der Waals surface area contributed by atoms with E-state index in [1.807, 2.05) is 0 Å². The second kappa shape index (κ2) is 2.69. The lowest BCUT2D eigenvalue weighted by Gasteiger charge is -1.91. The molecule has 5 heteroatoms. The number of carboxylic acids is 1. The first kappa shape index (κ1) is 8.32. The Labute approximate surface area is 68.3 Å². The van der Waals surface area contributed by atoms with E-state index in [2.05, 4.69) is 0 Å². The molecular formula is C7H8N2O3. The maximum atomic E-state index is 10.4. The molecule has 1 aromatic rings. The number of furan rings is 1. The molecule has 64 valence electrons. The molecule has 1 aromatic heterocycles. The predicted octanol–water partition coefficient (Wildman–Crippen LogP) is 0.570. The van der Waals surface area contributed by atoms with Crippen molar-refractivity contribution in [2.45, 2.75) is 6.92 Å². The van der Waals surface area contributed by atoms with Crippen molar-refractivity contribution in [1.29, 1.82) is 5.41 Å². The van der Waals surface area contributed by atoms with Crippen LogP contribution in [-0.2, 0) is 0 Å². The molecule has 0 unspecified atom stereocenters. The van der Waals surface area contributed by atoms with Crippen LogP contribution in [0.1, 0.15) is 21.9 Å². The number of nitrogens with two attached hydrogens (primary N) is 1. The third kappa shape index (κ3) is 1.29. The second-order valence-corrected chi connectivity index (χ2v) is 2.34. The van der Waals surface area contributed by atoms with Crippen molar-refractivity contribution in [3.05, 3.63) is 23.2 Å². The Morgan fingerprint density at radius 3 is 2.58 bits per heavy atom. The van der Waals surface area contributed by atoms with Gasteiger partial charge in [-0.1, -0.05) is 0 Å². The van der Waals surface area contributed by atoms with Gasteiger partial charge in [0.2, 0.25) is 5.76 Å². The normalized spacial score (nSPS) is 9.75. The molecule has 5 nitrogen and oxygen atoms in total. The van der Waals surface area contributed by atoms with Gasteiger partial charge in [-0.15, -0.1) is 0 Å². The molecule has 0 bridgehead atoms. The zero-order valence-corrected chi connectivity index (χ0v) is 6.42. The van der Waals surface area contributed by atoms with Crippen molar-refractivity contribution < 1.29 is 14.3 Å². The van der Waals surface area contributed by atoms with Crippen molar-refractivity contribution in [2.24, 2.45) is 5.73 Å². The van der Waals surface area contributed by atoms with Gasteiger partial charge >= 0.3 is 5.97 Å². The summed E-state index contributed by atoms with van der Waals surface area (Å²) in [6, 6.07) is 1.33. The minimum Gasteiger partial charge on any atom is -0.475 e. The summed E-state index contributed by atoms with van der Waals surface area (Å²) in [6.45, 7) is 1.63. The highest BCUT2D eigenvalue weighted by Gasteiger charge is 2.14. The number of hydrogen-bond donors (Lipinski definition) is 3. The summed E-state index contributed by atoms with van der Waals surface area (Å²) in [7, 11) is 0. The first-order valence-corrected chi connectivity index (χ1v) is 3.20. The number of aromatic carboxylic acids is 1. The Balaban J connectivity index is 3.17. The monoisotopic (exact) mass is 168 g/mol. The minimum atomic E-state index is -1.16. The first-order valence-electron chi connectivity index (χ1n) is 3.20. The highest BCUT2D eigenvalue weighted by molar-refractivity contribution is 5.95. The number of carbonyl (C=O) groups is 1. The molecule has 1 rings (SSSR count). The van der Waals surface area contributed by atoms with E-state index < -0.39 is 5.97 Å². The molecule has 0 aliphatic rings. The number of carboxylic acid groups (broad SMARTS) is 1. The third-order valence-corrected chi connectivity index (χ3v) is 1.37. The van der Waals surface area contributed by atoms with Gasteiger partial charge in [0, 0.05) is 0 Å². The van der Waals surface area contributed by atoms with Crippen LogP contribution in [0.3, 0.4) is 0 Å². The lowest BCUT2D eigenvalue weighted by molar-refractivity contribution is 0.0662. The van der Waals surface area contributed by atoms with Crippen LogP contribution < -0.4 is 5.73 Å². The molecule has 0 saturated carbocycles. The Bertz CT molecular complexity index is 340. The quantitative estimate of drug-likeness (QED) is 0.444. The number of nitrogens with one attached hydrogen (secondary N) is 1. The molecule has 0 spiro atoms. The van der Waals surface area contributed by atoms with Crippen LogP contribution in [0.5, 0.6) is 0 Å². The molecule has 0 radical (unpaired) electrons. The summed E-state index contributed by atoms with van der Waals surface area (Å²) in [5, 5.41) is 15.5. The van der Waals surface area contributed by atoms with E-state index in [0.717, 1.165) is 0 Å². The van der Waals surface area contributed by atoms with Gasteiger partial charge in [-0.05, 0) is 18.6 Å². The zero-order valence-electron chi connectivity index (χ0n) is 6.42. The highest BCUT2D eigenvalue weighted by Crippen LogP contribution is 2.13. The first-order chi connectivity index (χ1) is 5.52. The Kier molecular flexibility index (Phi) is 1.86. The van der Waals surface area contributed by atoms with Crippen molar-refractivity contribution in [2.75, 3.05) is 0 Å². The number of amidine groups is 1. The summed E-state index contributed by atoms with van der Waals surface area (Å²) in [5.41, 5.74) is 5.68. The molecule has 0 aliphatic heterocycles. The summed E-state index contributed by atoms with van der Waals surface area (Å²) < 4.78 is 4.79. The summed E-state index contributed by atoms with van der Waals surface area (Å²) >= 11 is 0. The Morgan fingerprint density at radius 1 is 1.75 bits per heavy atom. The molecule has 0 amide bonds. The van der Waals surface area contributed by atoms with Crippen LogP contribution in [0.15, 0.2) is 10.5 Å². The summed E-state index contributed by atoms with van der Waals surface area (Å²) in [5.74, 6) is -1.50. The standard InChI is InChI=1S/C7H8N2O3/c1-3-2-4(7(10)11)12-5(3)6(8)9/h2H,1H3,(H3,8,9)(H,10,11). The fraction of sp³-hybridized carbons (Fsp3) is 0.143. The van der Waals surface area contributed by atoms with Crippen LogP contribution in [0.2, 0.25) is 0 Å². The van der Waals surface area contributed by atoms with Gasteiger partial charge in [-0.25, -0.2) is 4.79 Å². The number of aryl methyl sites for hydroxylation is 1. The number of rotatable bonds is 2. The highest BCUT2D eigenvalue weighted by atomic mass is 16.4. The van der Waals surface area contributed by atoms with Gasteiger partial charge in [0.15, 0.2) is 11.6 Å². The average Bonchev–Trinajstić information content (AvgIpc) is 2.30. The van der Waals surface area contributed by atoms with Gasteiger partial charge in [-0.3, -0.25) is 5.41 Å². The minimum absolute atomic E-state index is 0.118. The summed E-state index contributed by atoms with van der Waals surface area (Å²) in [6.07, 6.45) is 0. The fourth-order valence-corrected chi connectivity index (χ4v) is 0.855. The lowest BCUT2D eigenvalue weighted by atomic mass is 10.2. The average molecular weight is 168 g/mol. The van der Waals surface area contributed by atoms with E-state index in [4.69, 9.17) is 20.7 Å². The molecule has 0 aromatic carbocycles. The summed E-state index contributed by atoms with van der Waals surface area (Å²) in [4.78, 5) is 10.4. The van der Waals surface area contributed by atoms with Crippen molar-refractivity contribution in [3.63, 3.8) is 0 Å². The van der Waals surface area contributed by atoms with Crippen LogP contribution in [0.4, 0.5) is 0 Å². The Hall–Kier alpha value is -1.78. The van der Waals surface area contributed by atoms with Crippen molar-refractivity contribution in [1.82, 2.24) is 0 Å². The van der Waals surface area contributed by atoms with E-state index in [-0.39, 0.29) is 17.4 Å². The Morgan fingerprint density at radius 2 is 2.33 bits per heavy atom. The van der Waals surface area contributed by atoms with Gasteiger partial charge in [-0.2, -0.15) is 0 Å². The van der Waals surface area contributed by atoms with E-state index in [1.165, 1.54) is 6.07 Å². The van der Waals surface area contributed by atoms with Crippen LogP contribution in [-0.4, -0.2) is 16.9 Å².